The molecule has 15 heavy (non-hydrogen) atoms. The van der Waals surface area contributed by atoms with Gasteiger partial charge in [0.05, 0.1) is 5.88 Å². The van der Waals surface area contributed by atoms with Gasteiger partial charge in [-0.05, 0) is 20.8 Å². The number of rotatable bonds is 1. The van der Waals surface area contributed by atoms with E-state index < -0.39 is 17.7 Å². The fourth-order valence-corrected chi connectivity index (χ4v) is 1.68. The molecular weight excluding hydrogens is 218 g/mol. The largest absolute Gasteiger partial charge is 0.477 e. The number of aliphatic carboxylic acids is 1. The second-order valence-corrected chi connectivity index (χ2v) is 5.01. The number of carboxylic acid groups (broad SMARTS) is 1. The number of nitrogens with zero attached hydrogens (tertiary/aromatic N) is 1. The van der Waals surface area contributed by atoms with Crippen molar-refractivity contribution in [3.05, 3.63) is 11.1 Å². The first-order chi connectivity index (χ1) is 6.79. The predicted molar refractivity (Wildman–Crippen MR) is 56.2 cm³/mol. The summed E-state index contributed by atoms with van der Waals surface area (Å²) in [6.07, 6.45) is 0.771. The summed E-state index contributed by atoms with van der Waals surface area (Å²) in [6.45, 7) is 5.28. The van der Waals surface area contributed by atoms with Crippen LogP contribution in [0.4, 0.5) is 4.79 Å². The van der Waals surface area contributed by atoms with Gasteiger partial charge in [-0.1, -0.05) is 11.8 Å². The van der Waals surface area contributed by atoms with Crippen LogP contribution in [0.2, 0.25) is 0 Å². The lowest BCUT2D eigenvalue weighted by molar-refractivity contribution is -0.131. The van der Waals surface area contributed by atoms with Crippen molar-refractivity contribution in [2.45, 2.75) is 26.4 Å². The van der Waals surface area contributed by atoms with Gasteiger partial charge in [0.25, 0.3) is 0 Å². The molecule has 1 heterocycles. The van der Waals surface area contributed by atoms with Gasteiger partial charge in [-0.3, -0.25) is 4.90 Å². The quantitative estimate of drug-likeness (QED) is 0.746. The average molecular weight is 231 g/mol. The average Bonchev–Trinajstić information content (AvgIpc) is 2.47. The van der Waals surface area contributed by atoms with Gasteiger partial charge in [0.2, 0.25) is 0 Å². The molecule has 0 aromatic heterocycles. The van der Waals surface area contributed by atoms with Crippen molar-refractivity contribution < 1.29 is 19.4 Å². The van der Waals surface area contributed by atoms with Crippen LogP contribution >= 0.6 is 11.8 Å². The zero-order valence-electron chi connectivity index (χ0n) is 8.81. The van der Waals surface area contributed by atoms with Crippen molar-refractivity contribution in [3.8, 4) is 0 Å². The number of hydrogen-bond donors (Lipinski definition) is 1. The van der Waals surface area contributed by atoms with E-state index in [9.17, 15) is 9.59 Å². The minimum Gasteiger partial charge on any atom is -0.477 e. The van der Waals surface area contributed by atoms with Crippen molar-refractivity contribution in [2.75, 3.05) is 5.88 Å². The van der Waals surface area contributed by atoms with Crippen LogP contribution in [0, 0.1) is 0 Å². The molecule has 0 radical (unpaired) electrons. The van der Waals surface area contributed by atoms with Crippen molar-refractivity contribution in [1.82, 2.24) is 4.90 Å². The molecule has 0 aromatic rings. The Morgan fingerprint density at radius 1 is 1.53 bits per heavy atom. The van der Waals surface area contributed by atoms with Crippen molar-refractivity contribution in [2.24, 2.45) is 0 Å². The minimum atomic E-state index is -1.02. The van der Waals surface area contributed by atoms with Crippen LogP contribution in [0.5, 0.6) is 0 Å². The van der Waals surface area contributed by atoms with Gasteiger partial charge in [0.1, 0.15) is 10.5 Å². The first-order valence-electron chi connectivity index (χ1n) is 4.37. The molecule has 5 nitrogen and oxygen atoms in total. The number of carbonyl (C=O) groups excluding carboxylic acids is 1. The molecule has 1 rings (SSSR count). The molecule has 0 spiro atoms. The number of carboxylic acids is 1. The third-order valence-electron chi connectivity index (χ3n) is 1.47. The highest BCUT2D eigenvalue weighted by Gasteiger charge is 2.27. The maximum Gasteiger partial charge on any atom is 0.415 e. The summed E-state index contributed by atoms with van der Waals surface area (Å²) < 4.78 is 5.09. The molecule has 84 valence electrons. The molecule has 0 aliphatic carbocycles. The Kier molecular flexibility index (Phi) is 3.28. The zero-order valence-corrected chi connectivity index (χ0v) is 9.63. The van der Waals surface area contributed by atoms with Gasteiger partial charge in [0.15, 0.2) is 0 Å². The number of carbonyl (C=O) groups is 2. The van der Waals surface area contributed by atoms with Crippen LogP contribution in [-0.2, 0) is 9.53 Å². The van der Waals surface area contributed by atoms with E-state index >= 15 is 0 Å². The molecule has 1 aliphatic heterocycles. The molecule has 0 fully saturated rings. The van der Waals surface area contributed by atoms with E-state index in [2.05, 4.69) is 0 Å². The molecule has 1 N–H and O–H groups in total. The van der Waals surface area contributed by atoms with Gasteiger partial charge >= 0.3 is 12.1 Å². The van der Waals surface area contributed by atoms with Crippen LogP contribution in [0.1, 0.15) is 20.8 Å². The van der Waals surface area contributed by atoms with Gasteiger partial charge in [0, 0.05) is 6.20 Å². The summed E-state index contributed by atoms with van der Waals surface area (Å²) >= 11 is 1.10. The summed E-state index contributed by atoms with van der Waals surface area (Å²) in [5, 5.41) is 8.68. The van der Waals surface area contributed by atoms with Crippen LogP contribution in [0.15, 0.2) is 11.1 Å². The molecule has 0 bridgehead atoms. The monoisotopic (exact) mass is 231 g/mol. The molecule has 0 saturated carbocycles. The van der Waals surface area contributed by atoms with Crippen molar-refractivity contribution in [3.63, 3.8) is 0 Å². The highest BCUT2D eigenvalue weighted by atomic mass is 32.2. The molecule has 1 amide bonds. The summed E-state index contributed by atoms with van der Waals surface area (Å²) in [7, 11) is 0. The highest BCUT2D eigenvalue weighted by Crippen LogP contribution is 2.26. The van der Waals surface area contributed by atoms with E-state index in [-0.39, 0.29) is 10.8 Å². The Morgan fingerprint density at radius 3 is 2.53 bits per heavy atom. The Hall–Kier alpha value is -1.17. The molecule has 0 aromatic carbocycles. The Balaban J connectivity index is 2.61. The molecule has 0 saturated heterocycles. The Morgan fingerprint density at radius 2 is 2.13 bits per heavy atom. The van der Waals surface area contributed by atoms with Crippen LogP contribution in [0.25, 0.3) is 0 Å². The Labute approximate surface area is 92.1 Å². The second-order valence-electron chi connectivity index (χ2n) is 4.02. The summed E-state index contributed by atoms with van der Waals surface area (Å²) in [6, 6.07) is 0. The van der Waals surface area contributed by atoms with Gasteiger partial charge in [-0.2, -0.15) is 0 Å². The summed E-state index contributed by atoms with van der Waals surface area (Å²) in [5.74, 6) is -0.734. The van der Waals surface area contributed by atoms with E-state index in [1.807, 2.05) is 0 Å². The first-order valence-corrected chi connectivity index (χ1v) is 5.36. The van der Waals surface area contributed by atoms with E-state index in [0.29, 0.717) is 0 Å². The SMILES string of the molecule is CC(C)(C)OC(=O)N1C=C(C(=O)O)SC1. The molecule has 6 heteroatoms. The third-order valence-corrected chi connectivity index (χ3v) is 2.47. The lowest BCUT2D eigenvalue weighted by Gasteiger charge is -2.22. The van der Waals surface area contributed by atoms with Gasteiger partial charge in [-0.15, -0.1) is 0 Å². The Bertz CT molecular complexity index is 319. The first kappa shape index (κ1) is 11.9. The minimum absolute atomic E-state index is 0.154. The number of thioether (sulfide) groups is 1. The summed E-state index contributed by atoms with van der Waals surface area (Å²) in [4.78, 5) is 23.5. The standard InChI is InChI=1S/C9H13NO4S/c1-9(2,3)14-8(13)10-4-6(7(11)12)15-5-10/h4H,5H2,1-3H3,(H,11,12). The maximum absolute atomic E-state index is 11.5. The van der Waals surface area contributed by atoms with Crippen molar-refractivity contribution in [1.29, 1.82) is 0 Å². The zero-order chi connectivity index (χ0) is 11.6. The van der Waals surface area contributed by atoms with E-state index in [0.717, 1.165) is 11.8 Å². The van der Waals surface area contributed by atoms with E-state index in [1.165, 1.54) is 11.1 Å². The van der Waals surface area contributed by atoms with Crippen molar-refractivity contribution >= 4 is 23.8 Å². The second kappa shape index (κ2) is 4.14. The normalized spacial score (nSPS) is 16.2. The number of ether oxygens (including phenoxy) is 1. The molecular formula is C9H13NO4S. The fraction of sp³-hybridized carbons (Fsp3) is 0.556. The van der Waals surface area contributed by atoms with Crippen LogP contribution in [-0.4, -0.2) is 33.5 Å². The van der Waals surface area contributed by atoms with Gasteiger partial charge in [-0.25, -0.2) is 9.59 Å². The van der Waals surface area contributed by atoms with E-state index in [4.69, 9.17) is 9.84 Å². The van der Waals surface area contributed by atoms with E-state index in [1.54, 1.807) is 20.8 Å². The predicted octanol–water partition coefficient (Wildman–Crippen LogP) is 1.85. The third kappa shape index (κ3) is 3.47. The lowest BCUT2D eigenvalue weighted by atomic mass is 10.2. The lowest BCUT2D eigenvalue weighted by Crippen LogP contribution is -2.32. The fourth-order valence-electron chi connectivity index (χ4n) is 0.898. The van der Waals surface area contributed by atoms with Crippen LogP contribution < -0.4 is 0 Å². The van der Waals surface area contributed by atoms with Gasteiger partial charge < -0.3 is 9.84 Å². The molecule has 0 unspecified atom stereocenters. The molecule has 0 atom stereocenters. The molecule has 1 aliphatic rings. The topological polar surface area (TPSA) is 66.8 Å². The maximum atomic E-state index is 11.5. The summed E-state index contributed by atoms with van der Waals surface area (Å²) in [5.41, 5.74) is -0.568. The number of amides is 1. The highest BCUT2D eigenvalue weighted by molar-refractivity contribution is 8.04. The smallest absolute Gasteiger partial charge is 0.415 e. The number of hydrogen-bond acceptors (Lipinski definition) is 4. The van der Waals surface area contributed by atoms with Crippen LogP contribution in [0.3, 0.4) is 0 Å².